The summed E-state index contributed by atoms with van der Waals surface area (Å²) in [7, 11) is 0. The first kappa shape index (κ1) is 12.3. The second-order valence-corrected chi connectivity index (χ2v) is 4.37. The highest BCUT2D eigenvalue weighted by Crippen LogP contribution is 2.36. The van der Waals surface area contributed by atoms with Crippen LogP contribution in [0.5, 0.6) is 11.5 Å². The van der Waals surface area contributed by atoms with Crippen LogP contribution >= 0.6 is 0 Å². The van der Waals surface area contributed by atoms with E-state index in [0.29, 0.717) is 0 Å². The van der Waals surface area contributed by atoms with Gasteiger partial charge in [0.05, 0.1) is 0 Å². The predicted octanol–water partition coefficient (Wildman–Crippen LogP) is 3.18. The summed E-state index contributed by atoms with van der Waals surface area (Å²) < 4.78 is 10.6. The molecule has 100 valence electrons. The van der Waals surface area contributed by atoms with Crippen LogP contribution in [0.25, 0.3) is 17.2 Å². The third-order valence-corrected chi connectivity index (χ3v) is 3.01. The third-order valence-electron chi connectivity index (χ3n) is 3.01. The molecule has 0 aromatic heterocycles. The minimum atomic E-state index is -0.960. The molecule has 0 bridgehead atoms. The Morgan fingerprint density at radius 1 is 1.05 bits per heavy atom. The van der Waals surface area contributed by atoms with Gasteiger partial charge in [-0.1, -0.05) is 24.3 Å². The molecule has 20 heavy (non-hydrogen) atoms. The van der Waals surface area contributed by atoms with E-state index in [1.807, 2.05) is 42.5 Å². The van der Waals surface area contributed by atoms with Crippen molar-refractivity contribution in [1.29, 1.82) is 0 Å². The van der Waals surface area contributed by atoms with E-state index < -0.39 is 5.97 Å². The highest BCUT2D eigenvalue weighted by Gasteiger charge is 2.13. The molecule has 0 saturated heterocycles. The maximum Gasteiger partial charge on any atom is 0.328 e. The Balaban J connectivity index is 1.94. The number of carboxylic acids is 1. The predicted molar refractivity (Wildman–Crippen MR) is 74.7 cm³/mol. The van der Waals surface area contributed by atoms with Crippen molar-refractivity contribution < 1.29 is 19.4 Å². The topological polar surface area (TPSA) is 55.8 Å². The number of fused-ring (bicyclic) bond motifs is 1. The molecular formula is C16H12O4. The molecule has 1 aliphatic heterocycles. The maximum absolute atomic E-state index is 10.5. The van der Waals surface area contributed by atoms with Crippen molar-refractivity contribution in [3.8, 4) is 22.6 Å². The van der Waals surface area contributed by atoms with Crippen molar-refractivity contribution in [2.75, 3.05) is 6.79 Å². The van der Waals surface area contributed by atoms with Crippen LogP contribution in [0.15, 0.2) is 48.5 Å². The van der Waals surface area contributed by atoms with Crippen molar-refractivity contribution in [3.05, 3.63) is 54.1 Å². The number of carboxylic acid groups (broad SMARTS) is 1. The summed E-state index contributed by atoms with van der Waals surface area (Å²) in [6, 6.07) is 13.4. The molecule has 0 unspecified atom stereocenters. The Labute approximate surface area is 115 Å². The summed E-state index contributed by atoms with van der Waals surface area (Å²) in [5.41, 5.74) is 2.83. The molecule has 0 spiro atoms. The largest absolute Gasteiger partial charge is 0.478 e. The van der Waals surface area contributed by atoms with Gasteiger partial charge in [-0.3, -0.25) is 0 Å². The summed E-state index contributed by atoms with van der Waals surface area (Å²) in [6.45, 7) is 0.250. The zero-order valence-corrected chi connectivity index (χ0v) is 10.6. The van der Waals surface area contributed by atoms with Crippen LogP contribution in [-0.4, -0.2) is 17.9 Å². The number of benzene rings is 2. The smallest absolute Gasteiger partial charge is 0.328 e. The van der Waals surface area contributed by atoms with Gasteiger partial charge < -0.3 is 14.6 Å². The lowest BCUT2D eigenvalue weighted by molar-refractivity contribution is -0.131. The fourth-order valence-corrected chi connectivity index (χ4v) is 2.07. The maximum atomic E-state index is 10.5. The van der Waals surface area contributed by atoms with Gasteiger partial charge >= 0.3 is 5.97 Å². The third kappa shape index (κ3) is 2.49. The molecule has 3 rings (SSSR count). The van der Waals surface area contributed by atoms with Gasteiger partial charge in [-0.15, -0.1) is 0 Å². The summed E-state index contributed by atoms with van der Waals surface area (Å²) >= 11 is 0. The van der Waals surface area contributed by atoms with Gasteiger partial charge in [0.15, 0.2) is 11.5 Å². The lowest BCUT2D eigenvalue weighted by atomic mass is 10.0. The standard InChI is InChI=1S/C16H12O4/c17-16(18)7-4-11-2-1-3-12(8-11)13-5-6-14-15(9-13)20-10-19-14/h1-9H,10H2,(H,17,18)/b7-4+. The van der Waals surface area contributed by atoms with Crippen LogP contribution in [0.2, 0.25) is 0 Å². The second kappa shape index (κ2) is 5.09. The summed E-state index contributed by atoms with van der Waals surface area (Å²) in [5.74, 6) is 0.517. The molecule has 1 heterocycles. The fourth-order valence-electron chi connectivity index (χ4n) is 2.07. The average molecular weight is 268 g/mol. The van der Waals surface area contributed by atoms with E-state index in [1.165, 1.54) is 0 Å². The van der Waals surface area contributed by atoms with Crippen LogP contribution in [0, 0.1) is 0 Å². The Kier molecular flexibility index (Phi) is 3.13. The normalized spacial score (nSPS) is 12.8. The zero-order valence-electron chi connectivity index (χ0n) is 10.6. The molecule has 0 aliphatic carbocycles. The summed E-state index contributed by atoms with van der Waals surface area (Å²) in [4.78, 5) is 10.5. The second-order valence-electron chi connectivity index (χ2n) is 4.37. The minimum absolute atomic E-state index is 0.250. The molecule has 4 nitrogen and oxygen atoms in total. The molecule has 1 aliphatic rings. The van der Waals surface area contributed by atoms with Gasteiger partial charge in [0.1, 0.15) is 0 Å². The van der Waals surface area contributed by atoms with Crippen LogP contribution < -0.4 is 9.47 Å². The molecular weight excluding hydrogens is 256 g/mol. The first-order valence-corrected chi connectivity index (χ1v) is 6.13. The minimum Gasteiger partial charge on any atom is -0.478 e. The van der Waals surface area contributed by atoms with Gasteiger partial charge in [0.2, 0.25) is 6.79 Å². The SMILES string of the molecule is O=C(O)/C=C/c1cccc(-c2ccc3c(c2)OCO3)c1. The van der Waals surface area contributed by atoms with Gasteiger partial charge in [-0.2, -0.15) is 0 Å². The molecule has 0 atom stereocenters. The zero-order chi connectivity index (χ0) is 13.9. The van der Waals surface area contributed by atoms with Gasteiger partial charge in [0.25, 0.3) is 0 Å². The molecule has 0 saturated carbocycles. The van der Waals surface area contributed by atoms with Gasteiger partial charge in [-0.25, -0.2) is 4.79 Å². The van der Waals surface area contributed by atoms with Crippen molar-refractivity contribution in [2.24, 2.45) is 0 Å². The molecule has 1 N–H and O–H groups in total. The van der Waals surface area contributed by atoms with Crippen LogP contribution in [-0.2, 0) is 4.79 Å². The first-order valence-electron chi connectivity index (χ1n) is 6.13. The highest BCUT2D eigenvalue weighted by molar-refractivity contribution is 5.85. The molecule has 2 aromatic rings. The van der Waals surface area contributed by atoms with E-state index in [4.69, 9.17) is 14.6 Å². The molecule has 0 amide bonds. The lowest BCUT2D eigenvalue weighted by Gasteiger charge is -2.04. The van der Waals surface area contributed by atoms with E-state index in [1.54, 1.807) is 6.08 Å². The Bertz CT molecular complexity index is 689. The highest BCUT2D eigenvalue weighted by atomic mass is 16.7. The number of aliphatic carboxylic acids is 1. The quantitative estimate of drug-likeness (QED) is 0.869. The van der Waals surface area contributed by atoms with Crippen LogP contribution in [0.3, 0.4) is 0 Å². The van der Waals surface area contributed by atoms with E-state index in [9.17, 15) is 4.79 Å². The van der Waals surface area contributed by atoms with Gasteiger partial charge in [0, 0.05) is 6.08 Å². The number of carbonyl (C=O) groups is 1. The number of hydrogen-bond acceptors (Lipinski definition) is 3. The average Bonchev–Trinajstić information content (AvgIpc) is 2.93. The number of hydrogen-bond donors (Lipinski definition) is 1. The van der Waals surface area contributed by atoms with E-state index in [2.05, 4.69) is 0 Å². The Morgan fingerprint density at radius 3 is 2.70 bits per heavy atom. The monoisotopic (exact) mass is 268 g/mol. The Morgan fingerprint density at radius 2 is 1.85 bits per heavy atom. The van der Waals surface area contributed by atoms with Crippen LogP contribution in [0.4, 0.5) is 0 Å². The van der Waals surface area contributed by atoms with Gasteiger partial charge in [-0.05, 0) is 41.0 Å². The summed E-state index contributed by atoms with van der Waals surface area (Å²) in [6.07, 6.45) is 2.69. The van der Waals surface area contributed by atoms with E-state index >= 15 is 0 Å². The van der Waals surface area contributed by atoms with Crippen LogP contribution in [0.1, 0.15) is 5.56 Å². The Hall–Kier alpha value is -2.75. The number of rotatable bonds is 3. The summed E-state index contributed by atoms with van der Waals surface area (Å²) in [5, 5.41) is 8.65. The van der Waals surface area contributed by atoms with E-state index in [-0.39, 0.29) is 6.79 Å². The molecule has 0 fully saturated rings. The molecule has 0 radical (unpaired) electrons. The van der Waals surface area contributed by atoms with E-state index in [0.717, 1.165) is 34.3 Å². The van der Waals surface area contributed by atoms with Crippen molar-refractivity contribution in [3.63, 3.8) is 0 Å². The lowest BCUT2D eigenvalue weighted by Crippen LogP contribution is -1.92. The van der Waals surface area contributed by atoms with Crippen molar-refractivity contribution >= 4 is 12.0 Å². The first-order chi connectivity index (χ1) is 9.72. The molecule has 2 aromatic carbocycles. The molecule has 4 heteroatoms. The fraction of sp³-hybridized carbons (Fsp3) is 0.0625. The van der Waals surface area contributed by atoms with Crippen molar-refractivity contribution in [2.45, 2.75) is 0 Å². The number of ether oxygens (including phenoxy) is 2. The van der Waals surface area contributed by atoms with Crippen molar-refractivity contribution in [1.82, 2.24) is 0 Å².